The van der Waals surface area contributed by atoms with Crippen molar-refractivity contribution in [2.75, 3.05) is 5.43 Å². The van der Waals surface area contributed by atoms with Gasteiger partial charge in [0.1, 0.15) is 11.6 Å². The van der Waals surface area contributed by atoms with Gasteiger partial charge in [-0.15, -0.1) is 0 Å². The summed E-state index contributed by atoms with van der Waals surface area (Å²) >= 11 is 6.57. The number of halogens is 2. The maximum absolute atomic E-state index is 9.67. The molecule has 0 saturated heterocycles. The lowest BCUT2D eigenvalue weighted by molar-refractivity contribution is 0.468. The highest BCUT2D eigenvalue weighted by atomic mass is 79.9. The molecule has 1 aromatic heterocycles. The van der Waals surface area contributed by atoms with Crippen molar-refractivity contribution in [2.45, 2.75) is 0 Å². The first-order valence-corrected chi connectivity index (χ1v) is 8.05. The van der Waals surface area contributed by atoms with Gasteiger partial charge in [0, 0.05) is 5.39 Å². The molecule has 110 valence electrons. The minimum atomic E-state index is 0.168. The van der Waals surface area contributed by atoms with E-state index in [1.54, 1.807) is 18.3 Å². The van der Waals surface area contributed by atoms with Crippen molar-refractivity contribution in [3.8, 4) is 5.75 Å². The third-order valence-corrected chi connectivity index (χ3v) is 4.24. The number of anilines is 1. The van der Waals surface area contributed by atoms with Gasteiger partial charge in [-0.1, -0.05) is 18.2 Å². The van der Waals surface area contributed by atoms with E-state index in [2.05, 4.69) is 47.4 Å². The van der Waals surface area contributed by atoms with Crippen LogP contribution in [0.3, 0.4) is 0 Å². The lowest BCUT2D eigenvalue weighted by atomic mass is 10.2. The van der Waals surface area contributed by atoms with Crippen LogP contribution in [-0.4, -0.2) is 16.3 Å². The minimum Gasteiger partial charge on any atom is -0.506 e. The van der Waals surface area contributed by atoms with E-state index in [-0.39, 0.29) is 5.75 Å². The lowest BCUT2D eigenvalue weighted by Gasteiger charge is -2.03. The van der Waals surface area contributed by atoms with Gasteiger partial charge in [0.25, 0.3) is 0 Å². The molecule has 0 aliphatic heterocycles. The summed E-state index contributed by atoms with van der Waals surface area (Å²) in [6.45, 7) is 0. The molecular formula is C16H11Br2N3O. The molecule has 0 aliphatic rings. The van der Waals surface area contributed by atoms with Crippen LogP contribution >= 0.6 is 31.9 Å². The van der Waals surface area contributed by atoms with Crippen LogP contribution < -0.4 is 5.43 Å². The van der Waals surface area contributed by atoms with Crippen molar-refractivity contribution in [2.24, 2.45) is 5.10 Å². The fraction of sp³-hybridized carbons (Fsp3) is 0. The van der Waals surface area contributed by atoms with Crippen molar-refractivity contribution in [3.63, 3.8) is 0 Å². The average Bonchev–Trinajstić information content (AvgIpc) is 2.52. The summed E-state index contributed by atoms with van der Waals surface area (Å²) in [6.07, 6.45) is 1.66. The summed E-state index contributed by atoms with van der Waals surface area (Å²) in [5.74, 6) is 0.841. The standard InChI is InChI=1S/C16H11Br2N3O/c17-12-7-10(8-13(18)16(12)22)9-19-21-15-6-5-11-3-1-2-4-14(11)20-15/h1-9,22H,(H,20,21). The number of benzene rings is 2. The summed E-state index contributed by atoms with van der Waals surface area (Å²) in [7, 11) is 0. The molecule has 3 rings (SSSR count). The molecule has 0 bridgehead atoms. The van der Waals surface area contributed by atoms with Crippen molar-refractivity contribution in [1.82, 2.24) is 4.98 Å². The summed E-state index contributed by atoms with van der Waals surface area (Å²) in [5, 5.41) is 14.9. The maximum Gasteiger partial charge on any atom is 0.146 e. The van der Waals surface area contributed by atoms with Gasteiger partial charge >= 0.3 is 0 Å². The van der Waals surface area contributed by atoms with Crippen LogP contribution in [-0.2, 0) is 0 Å². The molecule has 0 spiro atoms. The van der Waals surface area contributed by atoms with Crippen LogP contribution in [0, 0.1) is 0 Å². The Morgan fingerprint density at radius 3 is 2.55 bits per heavy atom. The van der Waals surface area contributed by atoms with E-state index in [1.807, 2.05) is 36.4 Å². The van der Waals surface area contributed by atoms with Crippen molar-refractivity contribution in [1.29, 1.82) is 0 Å². The number of phenolic OH excluding ortho intramolecular Hbond substituents is 1. The second-order valence-electron chi connectivity index (χ2n) is 4.59. The van der Waals surface area contributed by atoms with Crippen molar-refractivity contribution >= 4 is 54.8 Å². The largest absolute Gasteiger partial charge is 0.506 e. The molecule has 22 heavy (non-hydrogen) atoms. The predicted octanol–water partition coefficient (Wildman–Crippen LogP) is 4.91. The number of nitrogens with one attached hydrogen (secondary N) is 1. The summed E-state index contributed by atoms with van der Waals surface area (Å²) < 4.78 is 1.21. The van der Waals surface area contributed by atoms with Gasteiger partial charge in [-0.05, 0) is 67.8 Å². The van der Waals surface area contributed by atoms with E-state index in [9.17, 15) is 5.11 Å². The van der Waals surface area contributed by atoms with E-state index in [0.717, 1.165) is 16.5 Å². The molecule has 4 nitrogen and oxygen atoms in total. The van der Waals surface area contributed by atoms with E-state index in [4.69, 9.17) is 0 Å². The Labute approximate surface area is 144 Å². The number of hydrogen-bond donors (Lipinski definition) is 2. The number of rotatable bonds is 3. The molecule has 0 radical (unpaired) electrons. The van der Waals surface area contributed by atoms with E-state index in [0.29, 0.717) is 14.8 Å². The second-order valence-corrected chi connectivity index (χ2v) is 6.30. The minimum absolute atomic E-state index is 0.168. The average molecular weight is 421 g/mol. The predicted molar refractivity (Wildman–Crippen MR) is 96.5 cm³/mol. The molecule has 0 amide bonds. The number of para-hydroxylation sites is 1. The Morgan fingerprint density at radius 1 is 1.05 bits per heavy atom. The zero-order valence-corrected chi connectivity index (χ0v) is 14.5. The van der Waals surface area contributed by atoms with Crippen LogP contribution in [0.2, 0.25) is 0 Å². The number of aromatic nitrogens is 1. The summed E-state index contributed by atoms with van der Waals surface area (Å²) in [6, 6.07) is 15.3. The fourth-order valence-corrected chi connectivity index (χ4v) is 3.18. The van der Waals surface area contributed by atoms with E-state index >= 15 is 0 Å². The Hall–Kier alpha value is -1.92. The molecule has 6 heteroatoms. The number of hydrogen-bond acceptors (Lipinski definition) is 4. The van der Waals surface area contributed by atoms with Crippen molar-refractivity contribution in [3.05, 3.63) is 63.0 Å². The molecule has 2 aromatic carbocycles. The smallest absolute Gasteiger partial charge is 0.146 e. The fourth-order valence-electron chi connectivity index (χ4n) is 1.96. The highest BCUT2D eigenvalue weighted by molar-refractivity contribution is 9.11. The molecule has 0 fully saturated rings. The van der Waals surface area contributed by atoms with Gasteiger partial charge in [0.05, 0.1) is 20.7 Å². The van der Waals surface area contributed by atoms with Crippen molar-refractivity contribution < 1.29 is 5.11 Å². The summed E-state index contributed by atoms with van der Waals surface area (Å²) in [4.78, 5) is 4.47. The number of nitrogens with zero attached hydrogens (tertiary/aromatic N) is 2. The van der Waals surface area contributed by atoms with Gasteiger partial charge in [-0.3, -0.25) is 5.43 Å². The van der Waals surface area contributed by atoms with Crippen LogP contribution in [0.25, 0.3) is 10.9 Å². The molecule has 0 saturated carbocycles. The Bertz CT molecular complexity index is 842. The summed E-state index contributed by atoms with van der Waals surface area (Å²) in [5.41, 5.74) is 4.66. The first-order chi connectivity index (χ1) is 10.6. The number of hydrazone groups is 1. The third-order valence-electron chi connectivity index (χ3n) is 3.03. The SMILES string of the molecule is Oc1c(Br)cc(C=NNc2ccc3ccccc3n2)cc1Br. The third kappa shape index (κ3) is 3.28. The van der Waals surface area contributed by atoms with Gasteiger partial charge in [0.15, 0.2) is 0 Å². The molecule has 0 aliphatic carbocycles. The molecule has 2 N–H and O–H groups in total. The van der Waals surface area contributed by atoms with Gasteiger partial charge in [-0.25, -0.2) is 4.98 Å². The molecule has 0 atom stereocenters. The molecular weight excluding hydrogens is 410 g/mol. The monoisotopic (exact) mass is 419 g/mol. The normalized spacial score (nSPS) is 11.2. The van der Waals surface area contributed by atoms with E-state index in [1.165, 1.54) is 0 Å². The second kappa shape index (κ2) is 6.46. The van der Waals surface area contributed by atoms with Gasteiger partial charge < -0.3 is 5.11 Å². The lowest BCUT2D eigenvalue weighted by Crippen LogP contribution is -1.94. The van der Waals surface area contributed by atoms with Gasteiger partial charge in [0.2, 0.25) is 0 Å². The highest BCUT2D eigenvalue weighted by Crippen LogP contribution is 2.32. The van der Waals surface area contributed by atoms with Gasteiger partial charge in [-0.2, -0.15) is 5.10 Å². The van der Waals surface area contributed by atoms with Crippen LogP contribution in [0.15, 0.2) is 62.6 Å². The number of phenols is 1. The van der Waals surface area contributed by atoms with Crippen LogP contribution in [0.5, 0.6) is 5.75 Å². The topological polar surface area (TPSA) is 57.5 Å². The first-order valence-electron chi connectivity index (χ1n) is 6.46. The Morgan fingerprint density at radius 2 is 1.77 bits per heavy atom. The van der Waals surface area contributed by atoms with E-state index < -0.39 is 0 Å². The van der Waals surface area contributed by atoms with Crippen LogP contribution in [0.4, 0.5) is 5.82 Å². The Balaban J connectivity index is 1.78. The zero-order chi connectivity index (χ0) is 15.5. The molecule has 0 unspecified atom stereocenters. The maximum atomic E-state index is 9.67. The number of fused-ring (bicyclic) bond motifs is 1. The number of pyridine rings is 1. The number of aromatic hydroxyl groups is 1. The quantitative estimate of drug-likeness (QED) is 0.467. The first kappa shape index (κ1) is 15.0. The molecule has 3 aromatic rings. The van der Waals surface area contributed by atoms with Crippen LogP contribution in [0.1, 0.15) is 5.56 Å². The Kier molecular flexibility index (Phi) is 4.40. The zero-order valence-electron chi connectivity index (χ0n) is 11.3. The molecule has 1 heterocycles. The highest BCUT2D eigenvalue weighted by Gasteiger charge is 2.04.